The van der Waals surface area contributed by atoms with Crippen LogP contribution in [0, 0.1) is 0 Å². The van der Waals surface area contributed by atoms with Gasteiger partial charge in [-0.25, -0.2) is 0 Å². The lowest BCUT2D eigenvalue weighted by molar-refractivity contribution is 0.997. The van der Waals surface area contributed by atoms with Crippen molar-refractivity contribution in [2.75, 3.05) is 9.80 Å². The lowest BCUT2D eigenvalue weighted by atomic mass is 10.0. The Balaban J connectivity index is 0.993. The summed E-state index contributed by atoms with van der Waals surface area (Å²) in [5, 5.41) is 2.47. The molecule has 0 amide bonds. The summed E-state index contributed by atoms with van der Waals surface area (Å²) in [7, 11) is 0. The van der Waals surface area contributed by atoms with Gasteiger partial charge in [-0.15, -0.1) is 0 Å². The highest BCUT2D eigenvalue weighted by molar-refractivity contribution is 6.09. The van der Waals surface area contributed by atoms with Crippen LogP contribution in [0.25, 0.3) is 51.3 Å². The molecule has 334 valence electrons. The largest absolute Gasteiger partial charge is 0.311 e. The monoisotopic (exact) mass is 889 g/mol. The molecule has 0 aliphatic heterocycles. The normalized spacial score (nSPS) is 13.2. The Morgan fingerprint density at radius 1 is 0.478 bits per heavy atom. The van der Waals surface area contributed by atoms with Crippen LogP contribution in [0.2, 0.25) is 0 Å². The van der Waals surface area contributed by atoms with Crippen molar-refractivity contribution in [3.05, 3.63) is 308 Å². The van der Waals surface area contributed by atoms with E-state index in [1.54, 1.807) is 6.08 Å². The molecular formula is C66H55N3. The first-order valence-corrected chi connectivity index (χ1v) is 23.5. The number of hydrogen-bond donors (Lipinski definition) is 0. The summed E-state index contributed by atoms with van der Waals surface area (Å²) in [6, 6.07) is 62.5. The molecule has 0 bridgehead atoms. The van der Waals surface area contributed by atoms with Crippen LogP contribution in [0.15, 0.2) is 286 Å². The average molecular weight is 890 g/mol. The van der Waals surface area contributed by atoms with Crippen LogP contribution in [-0.4, -0.2) is 4.57 Å². The zero-order valence-electron chi connectivity index (χ0n) is 38.9. The summed E-state index contributed by atoms with van der Waals surface area (Å²) < 4.78 is 2.35. The van der Waals surface area contributed by atoms with E-state index in [2.05, 4.69) is 265 Å². The fourth-order valence-corrected chi connectivity index (χ4v) is 8.81. The first-order valence-electron chi connectivity index (χ1n) is 23.5. The SMILES string of the molecule is C=C/C=C\C=C\c1ccc(N(/C(C=C)=C/C=C/c2ccccc2)c2ccc(N(C3=CCCC=C3)c3ccc(/C(C=C)=C/C=C/c4ccc5c(c4)c4ccccc4n5-c4ccccc4)cc3)cc2)cc1. The molecule has 3 heteroatoms. The standard InChI is InChI=1S/C66H55N3/c1-4-7-8-12-25-52-36-41-59(42-37-52)67(56(6-3)33-22-26-51-23-13-9-14-24-51)61-45-47-62(48-46-61)68(57-29-15-10-16-30-57)60-43-39-55(40-44-60)54(5-2)28-21-27-53-38-49-66-64(50-53)63-34-19-20-35-65(63)69(66)58-31-17-11-18-32-58/h4-9,11-15,17-50H,1-3,10,16H2/b8-7-,25-12+,26-22+,27-21+,54-28+,56-33+. The van der Waals surface area contributed by atoms with Gasteiger partial charge in [0, 0.05) is 50.6 Å². The number of fused-ring (bicyclic) bond motifs is 3. The Labute approximate surface area is 407 Å². The molecule has 1 heterocycles. The Kier molecular flexibility index (Phi) is 14.5. The van der Waals surface area contributed by atoms with Crippen molar-refractivity contribution in [3.63, 3.8) is 0 Å². The fraction of sp³-hybridized carbons (Fsp3) is 0.0303. The Hall–Kier alpha value is -8.92. The van der Waals surface area contributed by atoms with Gasteiger partial charge in [-0.05, 0) is 138 Å². The number of anilines is 4. The number of aromatic nitrogens is 1. The molecule has 69 heavy (non-hydrogen) atoms. The molecule has 0 unspecified atom stereocenters. The van der Waals surface area contributed by atoms with Crippen LogP contribution in [0.1, 0.15) is 35.1 Å². The zero-order valence-corrected chi connectivity index (χ0v) is 38.9. The number of para-hydroxylation sites is 2. The number of benzene rings is 7. The molecule has 0 saturated heterocycles. The third-order valence-electron chi connectivity index (χ3n) is 12.2. The van der Waals surface area contributed by atoms with Gasteiger partial charge in [0.25, 0.3) is 0 Å². The second kappa shape index (κ2) is 22.0. The number of allylic oxidation sites excluding steroid dienone is 14. The topological polar surface area (TPSA) is 11.4 Å². The van der Waals surface area contributed by atoms with E-state index >= 15 is 0 Å². The van der Waals surface area contributed by atoms with Gasteiger partial charge < -0.3 is 14.4 Å². The van der Waals surface area contributed by atoms with E-state index in [1.165, 1.54) is 21.8 Å². The third-order valence-corrected chi connectivity index (χ3v) is 12.2. The summed E-state index contributed by atoms with van der Waals surface area (Å²) in [6.07, 6.45) is 35.2. The van der Waals surface area contributed by atoms with E-state index < -0.39 is 0 Å². The van der Waals surface area contributed by atoms with E-state index in [0.29, 0.717) is 0 Å². The van der Waals surface area contributed by atoms with Gasteiger partial charge in [0.2, 0.25) is 0 Å². The maximum atomic E-state index is 4.26. The van der Waals surface area contributed by atoms with Gasteiger partial charge in [0.05, 0.1) is 11.0 Å². The Morgan fingerprint density at radius 3 is 1.77 bits per heavy atom. The smallest absolute Gasteiger partial charge is 0.0541 e. The predicted octanol–water partition coefficient (Wildman–Crippen LogP) is 18.1. The van der Waals surface area contributed by atoms with E-state index in [1.807, 2.05) is 36.4 Å². The highest BCUT2D eigenvalue weighted by Crippen LogP contribution is 2.38. The molecule has 7 aromatic carbocycles. The van der Waals surface area contributed by atoms with Crippen LogP contribution in [0.5, 0.6) is 0 Å². The maximum Gasteiger partial charge on any atom is 0.0541 e. The van der Waals surface area contributed by atoms with E-state index in [9.17, 15) is 0 Å². The summed E-state index contributed by atoms with van der Waals surface area (Å²) >= 11 is 0. The zero-order chi connectivity index (χ0) is 47.2. The number of nitrogens with zero attached hydrogens (tertiary/aromatic N) is 3. The lowest BCUT2D eigenvalue weighted by Gasteiger charge is -2.30. The second-order valence-electron chi connectivity index (χ2n) is 16.6. The van der Waals surface area contributed by atoms with Gasteiger partial charge in [0.1, 0.15) is 0 Å². The van der Waals surface area contributed by atoms with Crippen molar-refractivity contribution in [2.24, 2.45) is 0 Å². The second-order valence-corrected chi connectivity index (χ2v) is 16.6. The Morgan fingerprint density at radius 2 is 1.07 bits per heavy atom. The molecule has 0 saturated carbocycles. The van der Waals surface area contributed by atoms with Gasteiger partial charge in [-0.1, -0.05) is 196 Å². The van der Waals surface area contributed by atoms with Gasteiger partial charge in [-0.2, -0.15) is 0 Å². The number of hydrogen-bond acceptors (Lipinski definition) is 2. The molecule has 9 rings (SSSR count). The van der Waals surface area contributed by atoms with Crippen molar-refractivity contribution in [2.45, 2.75) is 12.8 Å². The summed E-state index contributed by atoms with van der Waals surface area (Å²) in [4.78, 5) is 4.58. The molecule has 0 spiro atoms. The van der Waals surface area contributed by atoms with Crippen LogP contribution in [0.4, 0.5) is 22.7 Å². The molecule has 0 radical (unpaired) electrons. The van der Waals surface area contributed by atoms with E-state index in [-0.39, 0.29) is 0 Å². The maximum absolute atomic E-state index is 4.26. The highest BCUT2D eigenvalue weighted by atomic mass is 15.2. The summed E-state index contributed by atoms with van der Waals surface area (Å²) in [5.41, 5.74) is 15.4. The predicted molar refractivity (Wildman–Crippen MR) is 300 cm³/mol. The lowest BCUT2D eigenvalue weighted by Crippen LogP contribution is -2.17. The molecule has 1 aliphatic carbocycles. The van der Waals surface area contributed by atoms with Gasteiger partial charge in [0.15, 0.2) is 0 Å². The Bertz CT molecular complexity index is 3330. The van der Waals surface area contributed by atoms with Crippen molar-refractivity contribution >= 4 is 68.4 Å². The fourth-order valence-electron chi connectivity index (χ4n) is 8.81. The molecule has 8 aromatic rings. The minimum atomic E-state index is 0.951. The van der Waals surface area contributed by atoms with Crippen LogP contribution in [0.3, 0.4) is 0 Å². The molecule has 1 aromatic heterocycles. The quantitative estimate of drug-likeness (QED) is 0.0844. The van der Waals surface area contributed by atoms with Gasteiger partial charge in [-0.3, -0.25) is 0 Å². The molecule has 0 N–H and O–H groups in total. The molecular weight excluding hydrogens is 835 g/mol. The van der Waals surface area contributed by atoms with E-state index in [0.717, 1.165) is 80.5 Å². The van der Waals surface area contributed by atoms with Crippen LogP contribution < -0.4 is 9.80 Å². The minimum absolute atomic E-state index is 0.951. The van der Waals surface area contributed by atoms with Crippen LogP contribution >= 0.6 is 0 Å². The van der Waals surface area contributed by atoms with Crippen molar-refractivity contribution in [1.82, 2.24) is 4.57 Å². The number of rotatable bonds is 17. The third kappa shape index (κ3) is 10.5. The van der Waals surface area contributed by atoms with Crippen LogP contribution in [-0.2, 0) is 0 Å². The summed E-state index contributed by atoms with van der Waals surface area (Å²) in [6.45, 7) is 12.2. The van der Waals surface area contributed by atoms with Crippen molar-refractivity contribution < 1.29 is 0 Å². The van der Waals surface area contributed by atoms with Gasteiger partial charge >= 0.3 is 0 Å². The van der Waals surface area contributed by atoms with Crippen molar-refractivity contribution in [3.8, 4) is 5.69 Å². The first-order chi connectivity index (χ1) is 34.1. The summed E-state index contributed by atoms with van der Waals surface area (Å²) in [5.74, 6) is 0. The minimum Gasteiger partial charge on any atom is -0.311 e. The molecule has 1 aliphatic rings. The first kappa shape index (κ1) is 45.2. The average Bonchev–Trinajstić information content (AvgIpc) is 3.74. The molecule has 3 nitrogen and oxygen atoms in total. The van der Waals surface area contributed by atoms with Crippen molar-refractivity contribution in [1.29, 1.82) is 0 Å². The molecule has 0 fully saturated rings. The highest BCUT2D eigenvalue weighted by Gasteiger charge is 2.18. The van der Waals surface area contributed by atoms with E-state index in [4.69, 9.17) is 0 Å². The molecule has 0 atom stereocenters.